The molecule has 3 heterocycles. The average molecular weight is 426 g/mol. The predicted octanol–water partition coefficient (Wildman–Crippen LogP) is 3.74. The van der Waals surface area contributed by atoms with Crippen LogP contribution in [0.25, 0.3) is 0 Å². The van der Waals surface area contributed by atoms with Gasteiger partial charge in [-0.15, -0.1) is 12.4 Å². The average Bonchev–Trinajstić information content (AvgIpc) is 2.71. The number of fused-ring (bicyclic) bond motifs is 2. The van der Waals surface area contributed by atoms with E-state index in [2.05, 4.69) is 60.2 Å². The van der Waals surface area contributed by atoms with Crippen LogP contribution in [0.5, 0.6) is 0 Å². The summed E-state index contributed by atoms with van der Waals surface area (Å²) in [6.45, 7) is 0.915. The van der Waals surface area contributed by atoms with Crippen LogP contribution >= 0.6 is 44.3 Å². The van der Waals surface area contributed by atoms with E-state index in [0.29, 0.717) is 6.04 Å². The molecule has 0 spiro atoms. The normalized spacial score (nSPS) is 28.5. The lowest BCUT2D eigenvalue weighted by molar-refractivity contribution is 0.164. The Balaban J connectivity index is 0.00000147. The number of nitrogens with one attached hydrogen (secondary N) is 1. The van der Waals surface area contributed by atoms with Crippen LogP contribution in [0.2, 0.25) is 0 Å². The minimum absolute atomic E-state index is 0. The first-order chi connectivity index (χ1) is 9.11. The van der Waals surface area contributed by atoms with Crippen LogP contribution in [0.1, 0.15) is 31.4 Å². The van der Waals surface area contributed by atoms with Crippen molar-refractivity contribution in [3.63, 3.8) is 0 Å². The molecule has 0 aromatic carbocycles. The Morgan fingerprint density at radius 1 is 1.30 bits per heavy atom. The Morgan fingerprint density at radius 2 is 1.95 bits per heavy atom. The lowest BCUT2D eigenvalue weighted by Crippen LogP contribution is -2.46. The molecule has 6 heteroatoms. The first-order valence-electron chi connectivity index (χ1n) is 6.88. The summed E-state index contributed by atoms with van der Waals surface area (Å²) in [5.74, 6) is 0. The molecule has 2 aliphatic rings. The van der Waals surface area contributed by atoms with Crippen LogP contribution < -0.4 is 5.32 Å². The summed E-state index contributed by atoms with van der Waals surface area (Å²) in [6.07, 6.45) is 7.15. The third-order valence-corrected chi connectivity index (χ3v) is 5.47. The maximum atomic E-state index is 4.52. The maximum absolute atomic E-state index is 4.52. The molecule has 0 amide bonds. The summed E-state index contributed by atoms with van der Waals surface area (Å²) in [5, 5.41) is 3.70. The second-order valence-electron chi connectivity index (χ2n) is 5.76. The van der Waals surface area contributed by atoms with E-state index in [0.717, 1.165) is 33.3 Å². The molecule has 3 rings (SSSR count). The van der Waals surface area contributed by atoms with E-state index >= 15 is 0 Å². The van der Waals surface area contributed by atoms with Gasteiger partial charge in [-0.05, 0) is 70.7 Å². The molecule has 2 unspecified atom stereocenters. The molecule has 112 valence electrons. The fourth-order valence-corrected chi connectivity index (χ4v) is 4.42. The van der Waals surface area contributed by atoms with E-state index in [-0.39, 0.29) is 12.4 Å². The van der Waals surface area contributed by atoms with E-state index in [4.69, 9.17) is 0 Å². The van der Waals surface area contributed by atoms with E-state index in [1.54, 1.807) is 0 Å². The van der Waals surface area contributed by atoms with Crippen molar-refractivity contribution >= 4 is 44.3 Å². The van der Waals surface area contributed by atoms with Crippen molar-refractivity contribution in [1.82, 2.24) is 15.2 Å². The largest absolute Gasteiger partial charge is 0.311 e. The quantitative estimate of drug-likeness (QED) is 0.800. The van der Waals surface area contributed by atoms with Crippen LogP contribution in [0, 0.1) is 0 Å². The first kappa shape index (κ1) is 16.7. The molecule has 0 aliphatic carbocycles. The zero-order chi connectivity index (χ0) is 13.4. The van der Waals surface area contributed by atoms with Crippen molar-refractivity contribution < 1.29 is 0 Å². The van der Waals surface area contributed by atoms with Gasteiger partial charge in [0.2, 0.25) is 0 Å². The van der Waals surface area contributed by atoms with Crippen molar-refractivity contribution in [2.75, 3.05) is 7.05 Å². The van der Waals surface area contributed by atoms with Gasteiger partial charge in [0.1, 0.15) is 0 Å². The maximum Gasteiger partial charge on any atom is 0.0686 e. The molecule has 2 bridgehead atoms. The van der Waals surface area contributed by atoms with Gasteiger partial charge in [0, 0.05) is 39.8 Å². The van der Waals surface area contributed by atoms with Gasteiger partial charge < -0.3 is 5.32 Å². The van der Waals surface area contributed by atoms with E-state index in [9.17, 15) is 0 Å². The third-order valence-electron chi connectivity index (χ3n) is 4.35. The zero-order valence-electron chi connectivity index (χ0n) is 11.5. The summed E-state index contributed by atoms with van der Waals surface area (Å²) in [6, 6.07) is 4.25. The Kier molecular flexibility index (Phi) is 5.88. The fourth-order valence-electron chi connectivity index (χ4n) is 3.31. The number of halogens is 3. The zero-order valence-corrected chi connectivity index (χ0v) is 15.5. The van der Waals surface area contributed by atoms with Crippen LogP contribution in [0.15, 0.2) is 21.2 Å². The van der Waals surface area contributed by atoms with Crippen LogP contribution in [-0.4, -0.2) is 35.1 Å². The standard InChI is InChI=1S/C14H19Br2N3.ClH/c1-19(8-14-13(16)4-9(15)7-17-14)12-5-10-2-3-11(6-12)18-10;/h4,7,10-12,18H,2-3,5-6,8H2,1H3;1H. The summed E-state index contributed by atoms with van der Waals surface area (Å²) < 4.78 is 2.11. The predicted molar refractivity (Wildman–Crippen MR) is 91.3 cm³/mol. The van der Waals surface area contributed by atoms with Gasteiger partial charge in [0.05, 0.1) is 5.69 Å². The van der Waals surface area contributed by atoms with Gasteiger partial charge in [-0.2, -0.15) is 0 Å². The molecule has 2 fully saturated rings. The Hall–Kier alpha value is 0.320. The highest BCUT2D eigenvalue weighted by atomic mass is 79.9. The molecule has 1 aromatic rings. The number of hydrogen-bond acceptors (Lipinski definition) is 3. The van der Waals surface area contributed by atoms with Crippen LogP contribution in [0.4, 0.5) is 0 Å². The summed E-state index contributed by atoms with van der Waals surface area (Å²) in [7, 11) is 2.23. The Bertz CT molecular complexity index is 460. The van der Waals surface area contributed by atoms with Crippen LogP contribution in [-0.2, 0) is 6.54 Å². The summed E-state index contributed by atoms with van der Waals surface area (Å²) in [5.41, 5.74) is 1.12. The molecule has 1 aromatic heterocycles. The van der Waals surface area contributed by atoms with E-state index < -0.39 is 0 Å². The Labute approximate surface area is 143 Å². The Morgan fingerprint density at radius 3 is 2.55 bits per heavy atom. The molecule has 0 saturated carbocycles. The minimum atomic E-state index is 0. The molecule has 2 aliphatic heterocycles. The van der Waals surface area contributed by atoms with Gasteiger partial charge in [-0.25, -0.2) is 0 Å². The molecular formula is C14H20Br2ClN3. The number of aromatic nitrogens is 1. The third kappa shape index (κ3) is 3.74. The lowest BCUT2D eigenvalue weighted by atomic mass is 9.98. The minimum Gasteiger partial charge on any atom is -0.311 e. The summed E-state index contributed by atoms with van der Waals surface area (Å²) >= 11 is 7.05. The highest BCUT2D eigenvalue weighted by Gasteiger charge is 2.35. The van der Waals surface area contributed by atoms with E-state index in [1.807, 2.05) is 6.20 Å². The number of pyridine rings is 1. The molecule has 20 heavy (non-hydrogen) atoms. The smallest absolute Gasteiger partial charge is 0.0686 e. The van der Waals surface area contributed by atoms with Gasteiger partial charge >= 0.3 is 0 Å². The molecular weight excluding hydrogens is 405 g/mol. The molecule has 3 nitrogen and oxygen atoms in total. The molecule has 2 saturated heterocycles. The van der Waals surface area contributed by atoms with Crippen molar-refractivity contribution in [2.45, 2.75) is 50.4 Å². The monoisotopic (exact) mass is 423 g/mol. The first-order valence-corrected chi connectivity index (χ1v) is 8.46. The SMILES string of the molecule is CN(Cc1ncc(Br)cc1Br)C1CC2CCC(C1)N2.Cl. The fraction of sp³-hybridized carbons (Fsp3) is 0.643. The highest BCUT2D eigenvalue weighted by Crippen LogP contribution is 2.30. The van der Waals surface area contributed by atoms with Gasteiger partial charge in [0.15, 0.2) is 0 Å². The number of hydrogen-bond donors (Lipinski definition) is 1. The molecule has 2 atom stereocenters. The molecule has 1 N–H and O–H groups in total. The summed E-state index contributed by atoms with van der Waals surface area (Å²) in [4.78, 5) is 6.98. The number of nitrogens with zero attached hydrogens (tertiary/aromatic N) is 2. The lowest BCUT2D eigenvalue weighted by Gasteiger charge is -2.35. The van der Waals surface area contributed by atoms with Crippen molar-refractivity contribution in [2.24, 2.45) is 0 Å². The van der Waals surface area contributed by atoms with Crippen molar-refractivity contribution in [3.05, 3.63) is 26.9 Å². The second-order valence-corrected chi connectivity index (χ2v) is 7.53. The number of piperidine rings is 1. The van der Waals surface area contributed by atoms with Gasteiger partial charge in [0.25, 0.3) is 0 Å². The van der Waals surface area contributed by atoms with E-state index in [1.165, 1.54) is 25.7 Å². The van der Waals surface area contributed by atoms with Crippen LogP contribution in [0.3, 0.4) is 0 Å². The van der Waals surface area contributed by atoms with Crippen molar-refractivity contribution in [1.29, 1.82) is 0 Å². The second kappa shape index (κ2) is 7.05. The van der Waals surface area contributed by atoms with Crippen molar-refractivity contribution in [3.8, 4) is 0 Å². The topological polar surface area (TPSA) is 28.2 Å². The number of rotatable bonds is 3. The highest BCUT2D eigenvalue weighted by molar-refractivity contribution is 9.11. The molecule has 0 radical (unpaired) electrons. The van der Waals surface area contributed by atoms with Gasteiger partial charge in [-0.1, -0.05) is 0 Å². The van der Waals surface area contributed by atoms with Gasteiger partial charge in [-0.3, -0.25) is 9.88 Å².